The Labute approximate surface area is 129 Å². The van der Waals surface area contributed by atoms with Gasteiger partial charge < -0.3 is 4.74 Å². The van der Waals surface area contributed by atoms with Crippen molar-refractivity contribution in [3.05, 3.63) is 14.7 Å². The molecule has 0 aliphatic carbocycles. The summed E-state index contributed by atoms with van der Waals surface area (Å²) in [5, 5.41) is 12.2. The summed E-state index contributed by atoms with van der Waals surface area (Å²) < 4.78 is 30.1. The minimum Gasteiger partial charge on any atom is -0.383 e. The smallest absolute Gasteiger partial charge is 0.273 e. The molecule has 0 atom stereocenters. The fourth-order valence-corrected chi connectivity index (χ4v) is 3.67. The predicted octanol–water partition coefficient (Wildman–Crippen LogP) is 1.61. The van der Waals surface area contributed by atoms with Gasteiger partial charge in [0.15, 0.2) is 5.82 Å². The highest BCUT2D eigenvalue weighted by atomic mass is 35.5. The number of aromatic nitrogens is 3. The minimum absolute atomic E-state index is 0.217. The lowest BCUT2D eigenvalue weighted by molar-refractivity contribution is 0.185. The maximum atomic E-state index is 11.5. The van der Waals surface area contributed by atoms with Crippen LogP contribution in [0.15, 0.2) is 11.2 Å². The third-order valence-electron chi connectivity index (χ3n) is 2.39. The summed E-state index contributed by atoms with van der Waals surface area (Å²) in [6.45, 7) is 0.484. The van der Waals surface area contributed by atoms with Crippen LogP contribution in [0.1, 0.15) is 0 Å². The van der Waals surface area contributed by atoms with E-state index < -0.39 is 10.0 Å². The van der Waals surface area contributed by atoms with E-state index in [0.29, 0.717) is 14.2 Å². The molecule has 7 nitrogen and oxygen atoms in total. The average Bonchev–Trinajstić information content (AvgIpc) is 2.88. The Balaban J connectivity index is 2.59. The summed E-state index contributed by atoms with van der Waals surface area (Å²) in [5.41, 5.74) is 0.500. The first kappa shape index (κ1) is 15.7. The van der Waals surface area contributed by atoms with Gasteiger partial charge in [0.2, 0.25) is 0 Å². The van der Waals surface area contributed by atoms with E-state index in [1.807, 2.05) is 0 Å². The van der Waals surface area contributed by atoms with Crippen LogP contribution in [0.4, 0.5) is 0 Å². The summed E-state index contributed by atoms with van der Waals surface area (Å²) in [7, 11) is -2.50. The van der Waals surface area contributed by atoms with Gasteiger partial charge in [0, 0.05) is 7.11 Å². The molecule has 2 aromatic rings. The number of hydrogen-bond acceptors (Lipinski definition) is 6. The molecule has 0 aliphatic rings. The number of hydrogen-bond donors (Lipinski definition) is 1. The van der Waals surface area contributed by atoms with Gasteiger partial charge >= 0.3 is 0 Å². The molecule has 0 unspecified atom stereocenters. The van der Waals surface area contributed by atoms with E-state index in [2.05, 4.69) is 10.2 Å². The number of ether oxygens (including phenoxy) is 1. The molecule has 2 N–H and O–H groups in total. The second-order valence-electron chi connectivity index (χ2n) is 3.73. The van der Waals surface area contributed by atoms with Crippen molar-refractivity contribution in [3.8, 4) is 11.4 Å². The van der Waals surface area contributed by atoms with Crippen LogP contribution in [0.2, 0.25) is 8.67 Å². The Morgan fingerprint density at radius 1 is 1.45 bits per heavy atom. The number of methoxy groups -OCH3 is 1. The van der Waals surface area contributed by atoms with Gasteiger partial charge in [-0.1, -0.05) is 23.2 Å². The Morgan fingerprint density at radius 2 is 2.15 bits per heavy atom. The van der Waals surface area contributed by atoms with Crippen molar-refractivity contribution in [1.82, 2.24) is 14.8 Å². The van der Waals surface area contributed by atoms with Crippen molar-refractivity contribution in [1.29, 1.82) is 0 Å². The van der Waals surface area contributed by atoms with Crippen molar-refractivity contribution >= 4 is 44.6 Å². The van der Waals surface area contributed by atoms with E-state index >= 15 is 0 Å². The molecule has 110 valence electrons. The summed E-state index contributed by atoms with van der Waals surface area (Å²) in [6, 6.07) is 1.59. The number of primary sulfonamides is 1. The van der Waals surface area contributed by atoms with Gasteiger partial charge in [-0.25, -0.2) is 13.6 Å². The molecule has 11 heteroatoms. The fourth-order valence-electron chi connectivity index (χ4n) is 1.58. The predicted molar refractivity (Wildman–Crippen MR) is 76.6 cm³/mol. The minimum atomic E-state index is -4.00. The molecule has 0 saturated carbocycles. The lowest BCUT2D eigenvalue weighted by Gasteiger charge is -2.07. The number of nitrogens with two attached hydrogens (primary N) is 1. The molecule has 2 aromatic heterocycles. The van der Waals surface area contributed by atoms with Crippen LogP contribution in [0, 0.1) is 0 Å². The topological polar surface area (TPSA) is 100 Å². The van der Waals surface area contributed by atoms with Crippen LogP contribution in [0.3, 0.4) is 0 Å². The third kappa shape index (κ3) is 3.13. The summed E-state index contributed by atoms with van der Waals surface area (Å²) in [4.78, 5) is 0. The molecular formula is C9H10Cl2N4O3S2. The molecule has 0 aliphatic heterocycles. The normalized spacial score (nSPS) is 12.0. The Bertz CT molecular complexity index is 726. The van der Waals surface area contributed by atoms with Gasteiger partial charge in [0.25, 0.3) is 15.2 Å². The van der Waals surface area contributed by atoms with Crippen LogP contribution >= 0.6 is 34.5 Å². The summed E-state index contributed by atoms with van der Waals surface area (Å²) >= 11 is 13.1. The standard InChI is InChI=1S/C9H10Cl2N4O3S2/c1-18-3-2-15-8(5-4-6(10)19-7(5)11)13-14-9(15)20(12,16)17/h4H,2-3H2,1H3,(H2,12,16,17). The van der Waals surface area contributed by atoms with Crippen LogP contribution in [0.5, 0.6) is 0 Å². The summed E-state index contributed by atoms with van der Waals surface area (Å²) in [6.07, 6.45) is 0. The number of thiophene rings is 1. The van der Waals surface area contributed by atoms with Crippen molar-refractivity contribution in [2.45, 2.75) is 11.7 Å². The molecule has 20 heavy (non-hydrogen) atoms. The Hall–Kier alpha value is -0.710. The van der Waals surface area contributed by atoms with Crippen LogP contribution in [0.25, 0.3) is 11.4 Å². The molecule has 0 aromatic carbocycles. The first-order valence-corrected chi connectivity index (χ1v) is 8.36. The average molecular weight is 357 g/mol. The maximum absolute atomic E-state index is 11.5. The van der Waals surface area contributed by atoms with Crippen LogP contribution in [-0.2, 0) is 21.3 Å². The molecule has 0 bridgehead atoms. The largest absolute Gasteiger partial charge is 0.383 e. The van der Waals surface area contributed by atoms with Crippen molar-refractivity contribution < 1.29 is 13.2 Å². The lowest BCUT2D eigenvalue weighted by Crippen LogP contribution is -2.20. The molecule has 0 spiro atoms. The first-order valence-electron chi connectivity index (χ1n) is 5.24. The zero-order valence-corrected chi connectivity index (χ0v) is 13.4. The lowest BCUT2D eigenvalue weighted by atomic mass is 10.3. The van der Waals surface area contributed by atoms with Gasteiger partial charge in [0.05, 0.1) is 23.1 Å². The van der Waals surface area contributed by atoms with E-state index in [4.69, 9.17) is 33.1 Å². The second-order valence-corrected chi connectivity index (χ2v) is 7.47. The van der Waals surface area contributed by atoms with Gasteiger partial charge in [-0.05, 0) is 6.07 Å². The van der Waals surface area contributed by atoms with E-state index in [1.165, 1.54) is 11.7 Å². The van der Waals surface area contributed by atoms with Crippen LogP contribution in [-0.4, -0.2) is 36.9 Å². The molecule has 0 amide bonds. The fraction of sp³-hybridized carbons (Fsp3) is 0.333. The quantitative estimate of drug-likeness (QED) is 0.876. The monoisotopic (exact) mass is 356 g/mol. The molecule has 2 heterocycles. The van der Waals surface area contributed by atoms with Crippen molar-refractivity contribution in [2.24, 2.45) is 5.14 Å². The van der Waals surface area contributed by atoms with E-state index in [0.717, 1.165) is 11.3 Å². The molecule has 0 fully saturated rings. The first-order chi connectivity index (χ1) is 9.34. The number of sulfonamides is 1. The van der Waals surface area contributed by atoms with Gasteiger partial charge in [-0.15, -0.1) is 21.5 Å². The maximum Gasteiger partial charge on any atom is 0.273 e. The second kappa shape index (κ2) is 5.96. The zero-order chi connectivity index (χ0) is 14.9. The molecule has 2 rings (SSSR count). The molecular weight excluding hydrogens is 347 g/mol. The van der Waals surface area contributed by atoms with Crippen molar-refractivity contribution in [3.63, 3.8) is 0 Å². The summed E-state index contributed by atoms with van der Waals surface area (Å²) in [5.74, 6) is 0.277. The third-order valence-corrected chi connectivity index (χ3v) is 4.69. The number of rotatable bonds is 5. The van der Waals surface area contributed by atoms with E-state index in [-0.39, 0.29) is 24.1 Å². The van der Waals surface area contributed by atoms with Crippen LogP contribution < -0.4 is 5.14 Å². The number of halogens is 2. The number of nitrogens with zero attached hydrogens (tertiary/aromatic N) is 3. The van der Waals surface area contributed by atoms with Crippen molar-refractivity contribution in [2.75, 3.05) is 13.7 Å². The SMILES string of the molecule is COCCn1c(-c2cc(Cl)sc2Cl)nnc1S(N)(=O)=O. The molecule has 0 radical (unpaired) electrons. The highest BCUT2D eigenvalue weighted by molar-refractivity contribution is 7.89. The molecule has 0 saturated heterocycles. The van der Waals surface area contributed by atoms with E-state index in [1.54, 1.807) is 6.07 Å². The van der Waals surface area contributed by atoms with E-state index in [9.17, 15) is 8.42 Å². The Morgan fingerprint density at radius 3 is 2.65 bits per heavy atom. The highest BCUT2D eigenvalue weighted by Crippen LogP contribution is 2.37. The van der Waals surface area contributed by atoms with Gasteiger partial charge in [0.1, 0.15) is 4.34 Å². The highest BCUT2D eigenvalue weighted by Gasteiger charge is 2.24. The van der Waals surface area contributed by atoms with Gasteiger partial charge in [-0.3, -0.25) is 4.57 Å². The van der Waals surface area contributed by atoms with Gasteiger partial charge in [-0.2, -0.15) is 0 Å². The zero-order valence-electron chi connectivity index (χ0n) is 10.2. The Kier molecular flexibility index (Phi) is 4.67.